The van der Waals surface area contributed by atoms with Crippen LogP contribution in [0.4, 0.5) is 17.2 Å². The molecule has 112 valence electrons. The maximum atomic E-state index is 12.2. The quantitative estimate of drug-likeness (QED) is 0.711. The average Bonchev–Trinajstić information content (AvgIpc) is 2.84. The molecule has 0 bridgehead atoms. The third-order valence-electron chi connectivity index (χ3n) is 3.72. The topological polar surface area (TPSA) is 84.0 Å². The molecule has 6 heteroatoms. The number of pyridine rings is 2. The van der Waals surface area contributed by atoms with E-state index in [4.69, 9.17) is 0 Å². The maximum absolute atomic E-state index is 12.2. The highest BCUT2D eigenvalue weighted by Gasteiger charge is 2.33. The molecule has 0 unspecified atom stereocenters. The summed E-state index contributed by atoms with van der Waals surface area (Å²) in [7, 11) is 0. The molecule has 4 rings (SSSR count). The van der Waals surface area contributed by atoms with Crippen LogP contribution < -0.4 is 10.6 Å². The van der Waals surface area contributed by atoms with Crippen molar-refractivity contribution < 1.29 is 9.59 Å². The fourth-order valence-corrected chi connectivity index (χ4v) is 2.70. The summed E-state index contributed by atoms with van der Waals surface area (Å²) >= 11 is 0. The highest BCUT2D eigenvalue weighted by atomic mass is 16.2. The molecule has 1 amide bonds. The molecule has 3 heterocycles. The van der Waals surface area contributed by atoms with Crippen LogP contribution in [-0.2, 0) is 4.79 Å². The van der Waals surface area contributed by atoms with E-state index in [0.717, 1.165) is 11.4 Å². The Hall–Kier alpha value is -3.28. The van der Waals surface area contributed by atoms with E-state index in [-0.39, 0.29) is 0 Å². The lowest BCUT2D eigenvalue weighted by Gasteiger charge is -2.12. The first-order chi connectivity index (χ1) is 11.1. The number of carbonyl (C=O) groups excluding carboxylic acids is 2. The third-order valence-corrected chi connectivity index (χ3v) is 3.72. The molecule has 0 saturated carbocycles. The number of fused-ring (bicyclic) bond motifs is 3. The van der Waals surface area contributed by atoms with Gasteiger partial charge in [-0.25, -0.2) is 4.98 Å². The SMILES string of the molecule is Cc1cc(Nc2nc3ccccc3c3c2NC(=O)C3=O)ccn1. The van der Waals surface area contributed by atoms with Gasteiger partial charge in [-0.2, -0.15) is 0 Å². The number of hydrogen-bond donors (Lipinski definition) is 2. The summed E-state index contributed by atoms with van der Waals surface area (Å²) in [5.74, 6) is -0.719. The van der Waals surface area contributed by atoms with Crippen molar-refractivity contribution in [1.82, 2.24) is 9.97 Å². The summed E-state index contributed by atoms with van der Waals surface area (Å²) in [4.78, 5) is 32.7. The molecule has 0 saturated heterocycles. The van der Waals surface area contributed by atoms with Crippen molar-refractivity contribution in [2.24, 2.45) is 0 Å². The first-order valence-corrected chi connectivity index (χ1v) is 7.11. The molecule has 23 heavy (non-hydrogen) atoms. The largest absolute Gasteiger partial charge is 0.338 e. The number of rotatable bonds is 2. The molecule has 6 nitrogen and oxygen atoms in total. The summed E-state index contributed by atoms with van der Waals surface area (Å²) in [5, 5.41) is 6.44. The standard InChI is InChI=1S/C17H12N4O2/c1-9-8-10(6-7-18-9)19-16-14-13(15(22)17(23)21-14)11-4-2-3-5-12(11)20-16/h2-8H,1H3,(H,18,19,20)(H,21,22,23). The van der Waals surface area contributed by atoms with Crippen molar-refractivity contribution in [3.8, 4) is 0 Å². The monoisotopic (exact) mass is 304 g/mol. The van der Waals surface area contributed by atoms with E-state index >= 15 is 0 Å². The van der Waals surface area contributed by atoms with Gasteiger partial charge in [0, 0.05) is 23.0 Å². The van der Waals surface area contributed by atoms with Gasteiger partial charge in [-0.3, -0.25) is 14.6 Å². The number of amides is 1. The number of anilines is 3. The van der Waals surface area contributed by atoms with Crippen LogP contribution in [0.25, 0.3) is 10.9 Å². The summed E-state index contributed by atoms with van der Waals surface area (Å²) in [6.45, 7) is 1.88. The lowest BCUT2D eigenvalue weighted by atomic mass is 10.1. The number of ketones is 1. The van der Waals surface area contributed by atoms with Crippen LogP contribution in [0.1, 0.15) is 16.1 Å². The second-order valence-electron chi connectivity index (χ2n) is 5.32. The fraction of sp³-hybridized carbons (Fsp3) is 0.0588. The van der Waals surface area contributed by atoms with Crippen molar-refractivity contribution >= 4 is 39.8 Å². The van der Waals surface area contributed by atoms with E-state index in [1.165, 1.54) is 0 Å². The van der Waals surface area contributed by atoms with E-state index < -0.39 is 11.7 Å². The molecule has 0 radical (unpaired) electrons. The van der Waals surface area contributed by atoms with Gasteiger partial charge >= 0.3 is 0 Å². The Morgan fingerprint density at radius 2 is 1.96 bits per heavy atom. The summed E-state index contributed by atoms with van der Waals surface area (Å²) in [6.07, 6.45) is 1.68. The van der Waals surface area contributed by atoms with Gasteiger partial charge < -0.3 is 10.6 Å². The Morgan fingerprint density at radius 1 is 1.13 bits per heavy atom. The van der Waals surface area contributed by atoms with Gasteiger partial charge in [0.1, 0.15) is 0 Å². The number of Topliss-reactive ketones (excluding diaryl/α,β-unsaturated/α-hetero) is 1. The first kappa shape index (κ1) is 13.4. The van der Waals surface area contributed by atoms with E-state index in [9.17, 15) is 9.59 Å². The fourth-order valence-electron chi connectivity index (χ4n) is 2.70. The number of nitrogens with one attached hydrogen (secondary N) is 2. The Morgan fingerprint density at radius 3 is 2.78 bits per heavy atom. The Balaban J connectivity index is 1.93. The molecule has 1 aliphatic heterocycles. The summed E-state index contributed by atoms with van der Waals surface area (Å²) in [5.41, 5.74) is 3.09. The predicted molar refractivity (Wildman–Crippen MR) is 87.0 cm³/mol. The van der Waals surface area contributed by atoms with Crippen LogP contribution in [0, 0.1) is 6.92 Å². The number of aromatic nitrogens is 2. The second kappa shape index (κ2) is 4.88. The van der Waals surface area contributed by atoms with Crippen molar-refractivity contribution in [1.29, 1.82) is 0 Å². The van der Waals surface area contributed by atoms with Crippen molar-refractivity contribution in [3.63, 3.8) is 0 Å². The van der Waals surface area contributed by atoms with Gasteiger partial charge in [0.05, 0.1) is 16.8 Å². The normalized spacial score (nSPS) is 13.1. The molecule has 1 aliphatic rings. The maximum Gasteiger partial charge on any atom is 0.296 e. The molecule has 2 N–H and O–H groups in total. The number of benzene rings is 1. The van der Waals surface area contributed by atoms with Crippen LogP contribution in [0.15, 0.2) is 42.6 Å². The third kappa shape index (κ3) is 2.12. The van der Waals surface area contributed by atoms with Crippen LogP contribution in [0.2, 0.25) is 0 Å². The highest BCUT2D eigenvalue weighted by Crippen LogP contribution is 2.36. The molecular formula is C17H12N4O2. The van der Waals surface area contributed by atoms with E-state index in [2.05, 4.69) is 20.6 Å². The molecule has 3 aromatic rings. The van der Waals surface area contributed by atoms with E-state index in [0.29, 0.717) is 28.0 Å². The zero-order chi connectivity index (χ0) is 16.0. The Kier molecular flexibility index (Phi) is 2.84. The van der Waals surface area contributed by atoms with Gasteiger partial charge in [0.25, 0.3) is 11.7 Å². The predicted octanol–water partition coefficient (Wildman–Crippen LogP) is 2.82. The molecular weight excluding hydrogens is 292 g/mol. The van der Waals surface area contributed by atoms with Gasteiger partial charge in [0.2, 0.25) is 0 Å². The van der Waals surface area contributed by atoms with Crippen molar-refractivity contribution in [2.45, 2.75) is 6.92 Å². The van der Waals surface area contributed by atoms with E-state index in [1.807, 2.05) is 31.2 Å². The molecule has 0 aliphatic carbocycles. The zero-order valence-corrected chi connectivity index (χ0v) is 12.3. The van der Waals surface area contributed by atoms with Crippen molar-refractivity contribution in [3.05, 3.63) is 53.9 Å². The Labute approximate surface area is 131 Å². The van der Waals surface area contributed by atoms with E-state index in [1.54, 1.807) is 18.3 Å². The molecule has 0 atom stereocenters. The minimum Gasteiger partial charge on any atom is -0.338 e. The average molecular weight is 304 g/mol. The number of para-hydroxylation sites is 1. The molecule has 0 spiro atoms. The first-order valence-electron chi connectivity index (χ1n) is 7.11. The van der Waals surface area contributed by atoms with Crippen LogP contribution in [-0.4, -0.2) is 21.7 Å². The second-order valence-corrected chi connectivity index (χ2v) is 5.32. The Bertz CT molecular complexity index is 981. The van der Waals surface area contributed by atoms with Gasteiger partial charge in [-0.1, -0.05) is 18.2 Å². The summed E-state index contributed by atoms with van der Waals surface area (Å²) < 4.78 is 0. The van der Waals surface area contributed by atoms with Crippen LogP contribution in [0.3, 0.4) is 0 Å². The van der Waals surface area contributed by atoms with Crippen LogP contribution in [0.5, 0.6) is 0 Å². The smallest absolute Gasteiger partial charge is 0.296 e. The summed E-state index contributed by atoms with van der Waals surface area (Å²) in [6, 6.07) is 10.9. The molecule has 2 aromatic heterocycles. The van der Waals surface area contributed by atoms with Crippen molar-refractivity contribution in [2.75, 3.05) is 10.6 Å². The lowest BCUT2D eigenvalue weighted by Crippen LogP contribution is -2.12. The van der Waals surface area contributed by atoms with Gasteiger partial charge in [-0.15, -0.1) is 0 Å². The van der Waals surface area contributed by atoms with Gasteiger partial charge in [-0.05, 0) is 25.1 Å². The molecule has 0 fully saturated rings. The van der Waals surface area contributed by atoms with Gasteiger partial charge in [0.15, 0.2) is 5.82 Å². The number of carbonyl (C=O) groups is 2. The number of hydrogen-bond acceptors (Lipinski definition) is 5. The zero-order valence-electron chi connectivity index (χ0n) is 12.3. The lowest BCUT2D eigenvalue weighted by molar-refractivity contribution is -0.112. The minimum atomic E-state index is -0.632. The number of nitrogens with zero attached hydrogens (tertiary/aromatic N) is 2. The minimum absolute atomic E-state index is 0.369. The van der Waals surface area contributed by atoms with Crippen LogP contribution >= 0.6 is 0 Å². The number of aryl methyl sites for hydroxylation is 1. The molecule has 1 aromatic carbocycles. The highest BCUT2D eigenvalue weighted by molar-refractivity contribution is 6.54.